The number of hydrogen-bond donors (Lipinski definition) is 2. The van der Waals surface area contributed by atoms with Crippen molar-refractivity contribution in [1.82, 2.24) is 9.80 Å². The lowest BCUT2D eigenvalue weighted by atomic mass is 10.2. The lowest BCUT2D eigenvalue weighted by molar-refractivity contribution is -0.116. The van der Waals surface area contributed by atoms with Crippen LogP contribution in [0.15, 0.2) is 24.3 Å². The van der Waals surface area contributed by atoms with Gasteiger partial charge < -0.3 is 20.7 Å². The van der Waals surface area contributed by atoms with Gasteiger partial charge in [-0.05, 0) is 44.3 Å². The van der Waals surface area contributed by atoms with Crippen molar-refractivity contribution >= 4 is 48.8 Å². The van der Waals surface area contributed by atoms with Gasteiger partial charge in [0.15, 0.2) is 0 Å². The van der Waals surface area contributed by atoms with Crippen molar-refractivity contribution < 1.29 is 9.53 Å². The number of nitrogens with one attached hydrogen (secondary N) is 1. The molecule has 0 aliphatic carbocycles. The molecule has 0 spiro atoms. The summed E-state index contributed by atoms with van der Waals surface area (Å²) < 4.78 is 5.78. The summed E-state index contributed by atoms with van der Waals surface area (Å²) in [6, 6.07) is 7.52. The van der Waals surface area contributed by atoms with Crippen molar-refractivity contribution in [3.63, 3.8) is 0 Å². The highest BCUT2D eigenvalue weighted by molar-refractivity contribution is 5.90. The Morgan fingerprint density at radius 2 is 1.73 bits per heavy atom. The third kappa shape index (κ3) is 10.4. The highest BCUT2D eigenvalue weighted by atomic mass is 35.5. The average molecular weight is 430 g/mol. The average Bonchev–Trinajstić information content (AvgIpc) is 2.56. The first-order valence-corrected chi connectivity index (χ1v) is 8.31. The number of nitrogens with zero attached hydrogens (tertiary/aromatic N) is 2. The molecule has 9 heteroatoms. The minimum absolute atomic E-state index is 0. The Bertz CT molecular complexity index is 483. The Labute approximate surface area is 175 Å². The maximum Gasteiger partial charge on any atom is 0.224 e. The molecule has 0 atom stereocenters. The van der Waals surface area contributed by atoms with Crippen LogP contribution in [-0.4, -0.2) is 68.6 Å². The highest BCUT2D eigenvalue weighted by Gasteiger charge is 2.13. The van der Waals surface area contributed by atoms with E-state index in [1.165, 1.54) is 0 Å². The molecule has 1 aromatic carbocycles. The number of halogens is 3. The molecule has 0 saturated carbocycles. The first-order chi connectivity index (χ1) is 11.2. The number of carbonyl (C=O) groups is 1. The second-order valence-electron chi connectivity index (χ2n) is 5.96. The number of anilines is 1. The van der Waals surface area contributed by atoms with Crippen molar-refractivity contribution in [2.45, 2.75) is 12.8 Å². The fourth-order valence-electron chi connectivity index (χ4n) is 2.48. The topological polar surface area (TPSA) is 70.8 Å². The van der Waals surface area contributed by atoms with Gasteiger partial charge in [-0.3, -0.25) is 9.69 Å². The van der Waals surface area contributed by atoms with Gasteiger partial charge in [0.2, 0.25) is 5.91 Å². The van der Waals surface area contributed by atoms with Crippen LogP contribution in [0.25, 0.3) is 0 Å². The molecule has 0 aromatic heterocycles. The molecule has 0 unspecified atom stereocenters. The smallest absolute Gasteiger partial charge is 0.224 e. The van der Waals surface area contributed by atoms with E-state index in [9.17, 15) is 4.79 Å². The Morgan fingerprint density at radius 1 is 1.12 bits per heavy atom. The zero-order valence-corrected chi connectivity index (χ0v) is 17.6. The van der Waals surface area contributed by atoms with E-state index >= 15 is 0 Å². The molecule has 0 radical (unpaired) electrons. The van der Waals surface area contributed by atoms with Gasteiger partial charge in [-0.25, -0.2) is 0 Å². The minimum atomic E-state index is -0.000755. The van der Waals surface area contributed by atoms with Gasteiger partial charge in [0.25, 0.3) is 0 Å². The van der Waals surface area contributed by atoms with Crippen molar-refractivity contribution in [3.8, 4) is 5.75 Å². The maximum absolute atomic E-state index is 11.6. The number of likely N-dealkylation sites (N-methyl/N-ethyl adjacent to an activating group) is 1. The maximum atomic E-state index is 11.6. The predicted octanol–water partition coefficient (Wildman–Crippen LogP) is 2.26. The van der Waals surface area contributed by atoms with Crippen molar-refractivity contribution in [3.05, 3.63) is 24.3 Å². The van der Waals surface area contributed by atoms with Gasteiger partial charge in [-0.1, -0.05) is 0 Å². The first-order valence-electron chi connectivity index (χ1n) is 8.31. The zero-order chi connectivity index (χ0) is 16.5. The number of ether oxygens (including phenoxy) is 1. The second kappa shape index (κ2) is 15.3. The summed E-state index contributed by atoms with van der Waals surface area (Å²) in [5.74, 6) is 0.832. The third-order valence-electron chi connectivity index (χ3n) is 4.02. The molecule has 1 saturated heterocycles. The molecule has 0 bridgehead atoms. The molecule has 3 N–H and O–H groups in total. The Morgan fingerprint density at radius 3 is 2.31 bits per heavy atom. The van der Waals surface area contributed by atoms with Crippen LogP contribution < -0.4 is 15.8 Å². The van der Waals surface area contributed by atoms with Crippen molar-refractivity contribution in [2.24, 2.45) is 5.73 Å². The quantitative estimate of drug-likeness (QED) is 0.663. The van der Waals surface area contributed by atoms with E-state index < -0.39 is 0 Å². The molecule has 1 aliphatic rings. The van der Waals surface area contributed by atoms with Gasteiger partial charge in [-0.15, -0.1) is 37.2 Å². The largest absolute Gasteiger partial charge is 0.492 e. The summed E-state index contributed by atoms with van der Waals surface area (Å²) in [5.41, 5.74) is 6.19. The van der Waals surface area contributed by atoms with E-state index in [-0.39, 0.29) is 43.1 Å². The molecule has 1 heterocycles. The standard InChI is InChI=1S/C17H28N4O2.3ClH/c1-20-9-11-21(12-10-20)13-14-23-16-6-4-15(5-7-16)19-17(22)3-2-8-18;;;/h4-7H,2-3,8-14,18H2,1H3,(H,19,22);3*1H. The number of amides is 1. The van der Waals surface area contributed by atoms with Crippen LogP contribution in [0.1, 0.15) is 12.8 Å². The van der Waals surface area contributed by atoms with Gasteiger partial charge in [-0.2, -0.15) is 0 Å². The minimum Gasteiger partial charge on any atom is -0.492 e. The molecular weight excluding hydrogens is 399 g/mol. The summed E-state index contributed by atoms with van der Waals surface area (Å²) >= 11 is 0. The van der Waals surface area contributed by atoms with Crippen LogP contribution >= 0.6 is 37.2 Å². The summed E-state index contributed by atoms with van der Waals surface area (Å²) in [4.78, 5) is 16.4. The van der Waals surface area contributed by atoms with E-state index in [4.69, 9.17) is 10.5 Å². The SMILES string of the molecule is CN1CCN(CCOc2ccc(NC(=O)CCCN)cc2)CC1.Cl.Cl.Cl. The Balaban J connectivity index is 0. The fraction of sp³-hybridized carbons (Fsp3) is 0.588. The van der Waals surface area contributed by atoms with Crippen LogP contribution in [0, 0.1) is 0 Å². The normalized spacial score (nSPS) is 14.4. The predicted molar refractivity (Wildman–Crippen MR) is 115 cm³/mol. The molecule has 1 aromatic rings. The Hall–Kier alpha value is -0.760. The molecule has 2 rings (SSSR count). The van der Waals surface area contributed by atoms with Gasteiger partial charge >= 0.3 is 0 Å². The summed E-state index contributed by atoms with van der Waals surface area (Å²) in [7, 11) is 2.16. The number of hydrogen-bond acceptors (Lipinski definition) is 5. The first kappa shape index (κ1) is 27.5. The number of rotatable bonds is 8. The molecule has 1 fully saturated rings. The Kier molecular flexibility index (Phi) is 16.2. The number of piperazine rings is 1. The van der Waals surface area contributed by atoms with Crippen molar-refractivity contribution in [1.29, 1.82) is 0 Å². The van der Waals surface area contributed by atoms with E-state index in [2.05, 4.69) is 22.2 Å². The zero-order valence-electron chi connectivity index (χ0n) is 15.2. The van der Waals surface area contributed by atoms with E-state index in [1.54, 1.807) is 0 Å². The second-order valence-corrected chi connectivity index (χ2v) is 5.96. The van der Waals surface area contributed by atoms with E-state index in [0.717, 1.165) is 44.2 Å². The number of benzene rings is 1. The molecule has 6 nitrogen and oxygen atoms in total. The summed E-state index contributed by atoms with van der Waals surface area (Å²) in [6.45, 7) is 6.63. The van der Waals surface area contributed by atoms with Crippen LogP contribution in [0.5, 0.6) is 5.75 Å². The molecule has 1 amide bonds. The van der Waals surface area contributed by atoms with Crippen LogP contribution in [-0.2, 0) is 4.79 Å². The lowest BCUT2D eigenvalue weighted by Gasteiger charge is -2.32. The summed E-state index contributed by atoms with van der Waals surface area (Å²) in [6.07, 6.45) is 1.17. The van der Waals surface area contributed by atoms with Gasteiger partial charge in [0, 0.05) is 44.8 Å². The molecule has 1 aliphatic heterocycles. The van der Waals surface area contributed by atoms with Gasteiger partial charge in [0.05, 0.1) is 0 Å². The molecular formula is C17H31Cl3N4O2. The van der Waals surface area contributed by atoms with Crippen LogP contribution in [0.3, 0.4) is 0 Å². The fourth-order valence-corrected chi connectivity index (χ4v) is 2.48. The van der Waals surface area contributed by atoms with Crippen LogP contribution in [0.4, 0.5) is 5.69 Å². The number of nitrogens with two attached hydrogens (primary N) is 1. The lowest BCUT2D eigenvalue weighted by Crippen LogP contribution is -2.45. The van der Waals surface area contributed by atoms with E-state index in [1.807, 2.05) is 24.3 Å². The summed E-state index contributed by atoms with van der Waals surface area (Å²) in [5, 5.41) is 2.85. The third-order valence-corrected chi connectivity index (χ3v) is 4.02. The number of carbonyl (C=O) groups excluding carboxylic acids is 1. The monoisotopic (exact) mass is 428 g/mol. The highest BCUT2D eigenvalue weighted by Crippen LogP contribution is 2.16. The molecule has 152 valence electrons. The van der Waals surface area contributed by atoms with Crippen LogP contribution in [0.2, 0.25) is 0 Å². The van der Waals surface area contributed by atoms with Crippen molar-refractivity contribution in [2.75, 3.05) is 58.2 Å². The van der Waals surface area contributed by atoms with E-state index in [0.29, 0.717) is 26.0 Å². The molecule has 26 heavy (non-hydrogen) atoms. The van der Waals surface area contributed by atoms with Gasteiger partial charge in [0.1, 0.15) is 12.4 Å².